The number of benzene rings is 1. The molecule has 0 amide bonds. The van der Waals surface area contributed by atoms with Crippen LogP contribution in [0, 0.1) is 13.8 Å². The average Bonchev–Trinajstić information content (AvgIpc) is 2.44. The van der Waals surface area contributed by atoms with Crippen LogP contribution in [0.25, 0.3) is 0 Å². The van der Waals surface area contributed by atoms with Crippen molar-refractivity contribution in [2.24, 2.45) is 4.99 Å². The van der Waals surface area contributed by atoms with E-state index in [2.05, 4.69) is 15.0 Å². The van der Waals surface area contributed by atoms with Crippen LogP contribution in [-0.2, 0) is 6.42 Å². The normalized spacial score (nSPS) is 11.0. The summed E-state index contributed by atoms with van der Waals surface area (Å²) in [7, 11) is 0. The third kappa shape index (κ3) is 3.40. The van der Waals surface area contributed by atoms with E-state index in [0.717, 1.165) is 28.2 Å². The molecule has 0 saturated carbocycles. The molecule has 1 heterocycles. The van der Waals surface area contributed by atoms with E-state index in [0.29, 0.717) is 12.0 Å². The molecule has 0 N–H and O–H groups in total. The second-order valence-electron chi connectivity index (χ2n) is 5.01. The summed E-state index contributed by atoms with van der Waals surface area (Å²) >= 11 is 0. The van der Waals surface area contributed by atoms with Crippen molar-refractivity contribution in [1.82, 2.24) is 9.97 Å². The first-order valence-electron chi connectivity index (χ1n) is 6.92. The Hall–Kier alpha value is -2.36. The number of aromatic nitrogens is 2. The Balaban J connectivity index is 2.43. The van der Waals surface area contributed by atoms with Crippen LogP contribution < -0.4 is 0 Å². The van der Waals surface area contributed by atoms with Crippen molar-refractivity contribution in [3.8, 4) is 0 Å². The van der Waals surface area contributed by atoms with Crippen LogP contribution in [0.5, 0.6) is 0 Å². The Bertz CT molecular complexity index is 688. The molecule has 0 fully saturated rings. The van der Waals surface area contributed by atoms with Gasteiger partial charge in [-0.3, -0.25) is 19.8 Å². The number of aliphatic imine (C=N–C) groups is 1. The zero-order chi connectivity index (χ0) is 15.4. The summed E-state index contributed by atoms with van der Waals surface area (Å²) in [6, 6.07) is 3.90. The van der Waals surface area contributed by atoms with Crippen LogP contribution in [0.15, 0.2) is 29.5 Å². The van der Waals surface area contributed by atoms with Gasteiger partial charge in [0.15, 0.2) is 5.78 Å². The Morgan fingerprint density at radius 1 is 1.24 bits per heavy atom. The Morgan fingerprint density at radius 2 is 2.00 bits per heavy atom. The summed E-state index contributed by atoms with van der Waals surface area (Å²) in [4.78, 5) is 24.8. The third-order valence-corrected chi connectivity index (χ3v) is 3.38. The standard InChI is InChI=1S/C17H19N3O/c1-5-18-16-7-6-14(12(3)17(16)13(4)21)8-15-10-19-11(2)9-20-15/h5-7,9-10H,8H2,1-4H3. The lowest BCUT2D eigenvalue weighted by molar-refractivity contribution is 0.101. The quantitative estimate of drug-likeness (QED) is 0.635. The highest BCUT2D eigenvalue weighted by atomic mass is 16.1. The monoisotopic (exact) mass is 281 g/mol. The molecule has 0 aliphatic rings. The van der Waals surface area contributed by atoms with Gasteiger partial charge in [-0.05, 0) is 44.9 Å². The molecule has 0 bridgehead atoms. The molecular weight excluding hydrogens is 262 g/mol. The van der Waals surface area contributed by atoms with E-state index >= 15 is 0 Å². The van der Waals surface area contributed by atoms with E-state index in [4.69, 9.17) is 0 Å². The SMILES string of the molecule is CC=Nc1ccc(Cc2cnc(C)cn2)c(C)c1C(C)=O. The van der Waals surface area contributed by atoms with Gasteiger partial charge in [-0.25, -0.2) is 0 Å². The summed E-state index contributed by atoms with van der Waals surface area (Å²) in [6.07, 6.45) is 5.90. The zero-order valence-electron chi connectivity index (χ0n) is 12.8. The van der Waals surface area contributed by atoms with Crippen LogP contribution in [0.3, 0.4) is 0 Å². The van der Waals surface area contributed by atoms with Gasteiger partial charge in [0.2, 0.25) is 0 Å². The first kappa shape index (κ1) is 15.0. The summed E-state index contributed by atoms with van der Waals surface area (Å²) < 4.78 is 0. The average molecular weight is 281 g/mol. The first-order valence-corrected chi connectivity index (χ1v) is 6.92. The molecule has 4 nitrogen and oxygen atoms in total. The molecule has 1 aromatic carbocycles. The molecule has 4 heteroatoms. The predicted molar refractivity (Wildman–Crippen MR) is 84.6 cm³/mol. The Labute approximate surface area is 125 Å². The fraction of sp³-hybridized carbons (Fsp3) is 0.294. The highest BCUT2D eigenvalue weighted by Gasteiger charge is 2.14. The van der Waals surface area contributed by atoms with Crippen molar-refractivity contribution in [2.75, 3.05) is 0 Å². The largest absolute Gasteiger partial charge is 0.294 e. The maximum Gasteiger partial charge on any atom is 0.162 e. The number of aryl methyl sites for hydroxylation is 1. The minimum atomic E-state index is 0.0324. The van der Waals surface area contributed by atoms with Gasteiger partial charge < -0.3 is 0 Å². The van der Waals surface area contributed by atoms with Crippen molar-refractivity contribution in [1.29, 1.82) is 0 Å². The van der Waals surface area contributed by atoms with Crippen molar-refractivity contribution >= 4 is 17.7 Å². The first-order chi connectivity index (χ1) is 10.0. The topological polar surface area (TPSA) is 55.2 Å². The maximum absolute atomic E-state index is 11.9. The number of hydrogen-bond acceptors (Lipinski definition) is 4. The number of carbonyl (C=O) groups excluding carboxylic acids is 1. The van der Waals surface area contributed by atoms with Gasteiger partial charge in [0.1, 0.15) is 0 Å². The van der Waals surface area contributed by atoms with Crippen LogP contribution >= 0.6 is 0 Å². The van der Waals surface area contributed by atoms with Crippen molar-refractivity contribution in [2.45, 2.75) is 34.1 Å². The summed E-state index contributed by atoms with van der Waals surface area (Å²) in [5, 5.41) is 0. The number of rotatable bonds is 4. The minimum absolute atomic E-state index is 0.0324. The van der Waals surface area contributed by atoms with E-state index in [9.17, 15) is 4.79 Å². The molecule has 108 valence electrons. The second kappa shape index (κ2) is 6.39. The van der Waals surface area contributed by atoms with Crippen molar-refractivity contribution < 1.29 is 4.79 Å². The van der Waals surface area contributed by atoms with Gasteiger partial charge in [-0.1, -0.05) is 6.07 Å². The van der Waals surface area contributed by atoms with Crippen molar-refractivity contribution in [3.05, 3.63) is 52.6 Å². The smallest absolute Gasteiger partial charge is 0.162 e. The van der Waals surface area contributed by atoms with Crippen LogP contribution in [0.2, 0.25) is 0 Å². The third-order valence-electron chi connectivity index (χ3n) is 3.38. The van der Waals surface area contributed by atoms with E-state index in [-0.39, 0.29) is 5.78 Å². The van der Waals surface area contributed by atoms with Gasteiger partial charge in [-0.15, -0.1) is 0 Å². The van der Waals surface area contributed by atoms with Gasteiger partial charge in [-0.2, -0.15) is 0 Å². The van der Waals surface area contributed by atoms with Crippen LogP contribution in [0.1, 0.15) is 46.7 Å². The zero-order valence-corrected chi connectivity index (χ0v) is 12.8. The van der Waals surface area contributed by atoms with E-state index < -0.39 is 0 Å². The predicted octanol–water partition coefficient (Wildman–Crippen LogP) is 3.61. The van der Waals surface area contributed by atoms with E-state index in [1.54, 1.807) is 25.5 Å². The summed E-state index contributed by atoms with van der Waals surface area (Å²) in [5.41, 5.74) is 5.24. The van der Waals surface area contributed by atoms with Crippen LogP contribution in [-0.4, -0.2) is 22.0 Å². The number of nitrogens with zero attached hydrogens (tertiary/aromatic N) is 3. The molecule has 0 aliphatic heterocycles. The number of hydrogen-bond donors (Lipinski definition) is 0. The lowest BCUT2D eigenvalue weighted by Gasteiger charge is -2.12. The lowest BCUT2D eigenvalue weighted by Crippen LogP contribution is -2.03. The Morgan fingerprint density at radius 3 is 2.57 bits per heavy atom. The molecule has 0 unspecified atom stereocenters. The highest BCUT2D eigenvalue weighted by molar-refractivity contribution is 6.01. The molecule has 0 aliphatic carbocycles. The molecule has 1 aromatic heterocycles. The summed E-state index contributed by atoms with van der Waals surface area (Å²) in [6.45, 7) is 7.29. The van der Waals surface area contributed by atoms with Crippen molar-refractivity contribution in [3.63, 3.8) is 0 Å². The molecule has 0 atom stereocenters. The summed E-state index contributed by atoms with van der Waals surface area (Å²) in [5.74, 6) is 0.0324. The molecule has 0 radical (unpaired) electrons. The highest BCUT2D eigenvalue weighted by Crippen LogP contribution is 2.27. The lowest BCUT2D eigenvalue weighted by atomic mass is 9.95. The van der Waals surface area contributed by atoms with E-state index in [1.165, 1.54) is 0 Å². The second-order valence-corrected chi connectivity index (χ2v) is 5.01. The molecule has 21 heavy (non-hydrogen) atoms. The fourth-order valence-corrected chi connectivity index (χ4v) is 2.33. The fourth-order valence-electron chi connectivity index (χ4n) is 2.33. The number of carbonyl (C=O) groups is 1. The van der Waals surface area contributed by atoms with Gasteiger partial charge in [0.25, 0.3) is 0 Å². The molecule has 0 spiro atoms. The van der Waals surface area contributed by atoms with Gasteiger partial charge in [0, 0.05) is 30.6 Å². The van der Waals surface area contributed by atoms with Gasteiger partial charge >= 0.3 is 0 Å². The number of ketones is 1. The number of Topliss-reactive ketones (excluding diaryl/α,β-unsaturated/α-hetero) is 1. The van der Waals surface area contributed by atoms with E-state index in [1.807, 2.05) is 32.9 Å². The maximum atomic E-state index is 11.9. The van der Waals surface area contributed by atoms with Gasteiger partial charge in [0.05, 0.1) is 17.1 Å². The molecule has 2 rings (SSSR count). The Kier molecular flexibility index (Phi) is 4.58. The van der Waals surface area contributed by atoms with Crippen LogP contribution in [0.4, 0.5) is 5.69 Å². The minimum Gasteiger partial charge on any atom is -0.294 e. The molecular formula is C17H19N3O. The molecule has 0 saturated heterocycles. The molecule has 2 aromatic rings.